The Morgan fingerprint density at radius 1 is 1.00 bits per heavy atom. The molecule has 4 aromatic rings. The van der Waals surface area contributed by atoms with Crippen molar-refractivity contribution in [2.75, 3.05) is 0 Å². The highest BCUT2D eigenvalue weighted by Gasteiger charge is 2.13. The van der Waals surface area contributed by atoms with E-state index in [1.54, 1.807) is 22.7 Å². The number of carboxylic acid groups (broad SMARTS) is 1. The molecule has 0 unspecified atom stereocenters. The number of carboxylic acids is 1. The molecule has 0 bridgehead atoms. The average molecular weight is 365 g/mol. The van der Waals surface area contributed by atoms with Crippen molar-refractivity contribution < 1.29 is 9.90 Å². The van der Waals surface area contributed by atoms with E-state index in [9.17, 15) is 4.79 Å². The maximum atomic E-state index is 11.1. The van der Waals surface area contributed by atoms with Crippen LogP contribution in [0.15, 0.2) is 54.6 Å². The van der Waals surface area contributed by atoms with Gasteiger partial charge in [-0.15, -0.1) is 10.2 Å². The van der Waals surface area contributed by atoms with Gasteiger partial charge < -0.3 is 5.11 Å². The summed E-state index contributed by atoms with van der Waals surface area (Å²) in [5.41, 5.74) is 4.10. The Labute approximate surface area is 153 Å². The van der Waals surface area contributed by atoms with Gasteiger partial charge in [0.05, 0.1) is 16.3 Å². The first kappa shape index (κ1) is 16.2. The van der Waals surface area contributed by atoms with Crippen molar-refractivity contribution in [1.29, 1.82) is 0 Å². The van der Waals surface area contributed by atoms with Gasteiger partial charge in [0.25, 0.3) is 0 Å². The minimum atomic E-state index is -1.06. The number of hydrogen-bond donors (Lipinski definition) is 1. The molecule has 26 heavy (non-hydrogen) atoms. The van der Waals surface area contributed by atoms with Gasteiger partial charge in [-0.3, -0.25) is 0 Å². The van der Waals surface area contributed by atoms with Gasteiger partial charge >= 0.3 is 5.97 Å². The second-order valence-corrected chi connectivity index (χ2v) is 6.29. The van der Waals surface area contributed by atoms with Crippen molar-refractivity contribution in [3.05, 3.63) is 70.7 Å². The Balaban J connectivity index is 1.83. The van der Waals surface area contributed by atoms with Crippen molar-refractivity contribution in [1.82, 2.24) is 19.8 Å². The molecule has 2 aromatic carbocycles. The van der Waals surface area contributed by atoms with Gasteiger partial charge in [0.2, 0.25) is 0 Å². The predicted octanol–water partition coefficient (Wildman–Crippen LogP) is 4.12. The SMILES string of the molecule is Cc1ccc(-c2nnc3ccc(-c4ccc(C(=O)O)c(Cl)c4)nn23)cc1. The summed E-state index contributed by atoms with van der Waals surface area (Å²) in [6.07, 6.45) is 0. The number of aryl methyl sites for hydroxylation is 1. The van der Waals surface area contributed by atoms with E-state index in [4.69, 9.17) is 16.7 Å². The van der Waals surface area contributed by atoms with Crippen molar-refractivity contribution >= 4 is 23.2 Å². The smallest absolute Gasteiger partial charge is 0.337 e. The average Bonchev–Trinajstić information content (AvgIpc) is 3.05. The Morgan fingerprint density at radius 3 is 2.42 bits per heavy atom. The van der Waals surface area contributed by atoms with Crippen LogP contribution in [0.1, 0.15) is 15.9 Å². The number of nitrogens with zero attached hydrogens (tertiary/aromatic N) is 4. The lowest BCUT2D eigenvalue weighted by Gasteiger charge is -2.05. The lowest BCUT2D eigenvalue weighted by atomic mass is 10.1. The quantitative estimate of drug-likeness (QED) is 0.591. The van der Waals surface area contributed by atoms with Gasteiger partial charge in [-0.1, -0.05) is 47.5 Å². The zero-order valence-corrected chi connectivity index (χ0v) is 14.5. The molecule has 0 saturated carbocycles. The summed E-state index contributed by atoms with van der Waals surface area (Å²) in [7, 11) is 0. The lowest BCUT2D eigenvalue weighted by molar-refractivity contribution is 0.0697. The molecule has 0 amide bonds. The molecule has 0 aliphatic heterocycles. The van der Waals surface area contributed by atoms with E-state index >= 15 is 0 Å². The van der Waals surface area contributed by atoms with Gasteiger partial charge in [0.1, 0.15) is 0 Å². The molecule has 0 aliphatic rings. The molecule has 0 aliphatic carbocycles. The first-order valence-electron chi connectivity index (χ1n) is 7.85. The zero-order chi connectivity index (χ0) is 18.3. The summed E-state index contributed by atoms with van der Waals surface area (Å²) in [6, 6.07) is 16.3. The molecule has 128 valence electrons. The van der Waals surface area contributed by atoms with E-state index < -0.39 is 5.97 Å². The summed E-state index contributed by atoms with van der Waals surface area (Å²) < 4.78 is 1.67. The Morgan fingerprint density at radius 2 is 1.73 bits per heavy atom. The number of fused-ring (bicyclic) bond motifs is 1. The number of halogens is 1. The number of hydrogen-bond acceptors (Lipinski definition) is 4. The van der Waals surface area contributed by atoms with Gasteiger partial charge in [0, 0.05) is 11.1 Å². The van der Waals surface area contributed by atoms with Crippen LogP contribution in [0.3, 0.4) is 0 Å². The van der Waals surface area contributed by atoms with Gasteiger partial charge in [-0.25, -0.2) is 4.79 Å². The maximum Gasteiger partial charge on any atom is 0.337 e. The third-order valence-corrected chi connectivity index (χ3v) is 4.38. The number of rotatable bonds is 3. The van der Waals surface area contributed by atoms with Crippen molar-refractivity contribution in [2.24, 2.45) is 0 Å². The topological polar surface area (TPSA) is 80.4 Å². The predicted molar refractivity (Wildman–Crippen MR) is 98.4 cm³/mol. The summed E-state index contributed by atoms with van der Waals surface area (Å²) in [5, 5.41) is 22.3. The minimum absolute atomic E-state index is 0.0566. The first-order valence-corrected chi connectivity index (χ1v) is 8.23. The second kappa shape index (κ2) is 6.24. The number of benzene rings is 2. The number of aromatic carboxylic acids is 1. The van der Waals surface area contributed by atoms with E-state index in [1.807, 2.05) is 37.3 Å². The second-order valence-electron chi connectivity index (χ2n) is 5.88. The van der Waals surface area contributed by atoms with Gasteiger partial charge in [-0.2, -0.15) is 9.61 Å². The van der Waals surface area contributed by atoms with Gasteiger partial charge in [-0.05, 0) is 31.2 Å². The minimum Gasteiger partial charge on any atom is -0.478 e. The van der Waals surface area contributed by atoms with Crippen LogP contribution in [-0.4, -0.2) is 30.9 Å². The third kappa shape index (κ3) is 2.80. The van der Waals surface area contributed by atoms with Crippen LogP contribution in [0.5, 0.6) is 0 Å². The highest BCUT2D eigenvalue weighted by Crippen LogP contribution is 2.26. The van der Waals surface area contributed by atoms with Crippen LogP contribution >= 0.6 is 11.6 Å². The number of carbonyl (C=O) groups is 1. The fourth-order valence-electron chi connectivity index (χ4n) is 2.67. The van der Waals surface area contributed by atoms with E-state index in [1.165, 1.54) is 6.07 Å². The molecule has 4 rings (SSSR count). The molecular weight excluding hydrogens is 352 g/mol. The molecule has 0 radical (unpaired) electrons. The summed E-state index contributed by atoms with van der Waals surface area (Å²) >= 11 is 6.07. The van der Waals surface area contributed by atoms with Crippen LogP contribution in [-0.2, 0) is 0 Å². The highest BCUT2D eigenvalue weighted by molar-refractivity contribution is 6.33. The van der Waals surface area contributed by atoms with Crippen LogP contribution in [0.2, 0.25) is 5.02 Å². The molecule has 0 atom stereocenters. The summed E-state index contributed by atoms with van der Waals surface area (Å²) in [4.78, 5) is 11.1. The molecule has 7 heteroatoms. The Bertz CT molecular complexity index is 1140. The summed E-state index contributed by atoms with van der Waals surface area (Å²) in [5.74, 6) is -0.430. The first-order chi connectivity index (χ1) is 12.5. The molecule has 0 spiro atoms. The van der Waals surface area contributed by atoms with E-state index in [0.717, 1.165) is 11.1 Å². The monoisotopic (exact) mass is 364 g/mol. The van der Waals surface area contributed by atoms with Crippen molar-refractivity contribution in [3.8, 4) is 22.6 Å². The largest absolute Gasteiger partial charge is 0.478 e. The number of aromatic nitrogens is 4. The molecule has 6 nitrogen and oxygen atoms in total. The van der Waals surface area contributed by atoms with E-state index in [-0.39, 0.29) is 10.6 Å². The van der Waals surface area contributed by atoms with Crippen LogP contribution < -0.4 is 0 Å². The molecule has 0 fully saturated rings. The molecule has 0 saturated heterocycles. The fourth-order valence-corrected chi connectivity index (χ4v) is 2.93. The molecule has 1 N–H and O–H groups in total. The Kier molecular flexibility index (Phi) is 3.89. The molecular formula is C19H13ClN4O2. The molecule has 2 aromatic heterocycles. The standard InChI is InChI=1S/C19H13ClN4O2/c1-11-2-4-12(5-3-11)18-22-21-17-9-8-16(23-24(17)18)13-6-7-14(19(25)26)15(20)10-13/h2-10H,1H3,(H,25,26). The van der Waals surface area contributed by atoms with Crippen LogP contribution in [0, 0.1) is 6.92 Å². The third-order valence-electron chi connectivity index (χ3n) is 4.07. The van der Waals surface area contributed by atoms with Crippen LogP contribution in [0.25, 0.3) is 28.3 Å². The lowest BCUT2D eigenvalue weighted by Crippen LogP contribution is -1.99. The van der Waals surface area contributed by atoms with Crippen molar-refractivity contribution in [3.63, 3.8) is 0 Å². The molecule has 2 heterocycles. The van der Waals surface area contributed by atoms with E-state index in [0.29, 0.717) is 22.7 Å². The fraction of sp³-hybridized carbons (Fsp3) is 0.0526. The highest BCUT2D eigenvalue weighted by atomic mass is 35.5. The normalized spacial score (nSPS) is 11.0. The summed E-state index contributed by atoms with van der Waals surface area (Å²) in [6.45, 7) is 2.02. The van der Waals surface area contributed by atoms with Gasteiger partial charge in [0.15, 0.2) is 11.5 Å². The zero-order valence-electron chi connectivity index (χ0n) is 13.7. The van der Waals surface area contributed by atoms with E-state index in [2.05, 4.69) is 15.3 Å². The van der Waals surface area contributed by atoms with Crippen LogP contribution in [0.4, 0.5) is 0 Å². The Hall–Kier alpha value is -3.25. The van der Waals surface area contributed by atoms with Crippen molar-refractivity contribution in [2.45, 2.75) is 6.92 Å². The maximum absolute atomic E-state index is 11.1.